The molecule has 0 aromatic heterocycles. The smallest absolute Gasteiger partial charge is 0.112 e. The highest BCUT2D eigenvalue weighted by molar-refractivity contribution is 6.11. The minimum absolute atomic E-state index is 0.487. The van der Waals surface area contributed by atoms with E-state index in [1.54, 1.807) is 0 Å². The Kier molecular flexibility index (Phi) is 7.07. The zero-order valence-corrected chi connectivity index (χ0v) is 8.52. The Bertz CT molecular complexity index is 165. The molecule has 0 rings (SSSR count). The molecule has 0 saturated carbocycles. The summed E-state index contributed by atoms with van der Waals surface area (Å²) in [6.45, 7) is 0.252. The van der Waals surface area contributed by atoms with Gasteiger partial charge in [0.2, 0.25) is 0 Å². The second-order valence-electron chi connectivity index (χ2n) is 3.30. The van der Waals surface area contributed by atoms with E-state index in [4.69, 9.17) is 33.0 Å². The highest BCUT2D eigenvalue weighted by Gasteiger charge is 2.28. The van der Waals surface area contributed by atoms with Crippen molar-refractivity contribution in [1.29, 1.82) is 0 Å². The quantitative estimate of drug-likeness (QED) is 0.291. The summed E-state index contributed by atoms with van der Waals surface area (Å²) in [7, 11) is 5.11. The van der Waals surface area contributed by atoms with Gasteiger partial charge in [-0.3, -0.25) is 0 Å². The molecule has 0 aromatic rings. The van der Waals surface area contributed by atoms with Crippen LogP contribution in [-0.4, -0.2) is 77.0 Å². The van der Waals surface area contributed by atoms with E-state index in [-0.39, 0.29) is 0 Å². The summed E-state index contributed by atoms with van der Waals surface area (Å²) < 4.78 is 4.99. The normalized spacial score (nSPS) is 21.7. The van der Waals surface area contributed by atoms with Crippen LogP contribution in [0.1, 0.15) is 6.92 Å². The molecule has 6 nitrogen and oxygen atoms in total. The summed E-state index contributed by atoms with van der Waals surface area (Å²) >= 11 is 0. The summed E-state index contributed by atoms with van der Waals surface area (Å²) in [5, 5.41) is 44.9. The lowest BCUT2D eigenvalue weighted by molar-refractivity contribution is -0.154. The van der Waals surface area contributed by atoms with E-state index in [0.717, 1.165) is 0 Å². The third-order valence-corrected chi connectivity index (χ3v) is 1.95. The Morgan fingerprint density at radius 2 is 1.67 bits per heavy atom. The van der Waals surface area contributed by atoms with Gasteiger partial charge in [0.25, 0.3) is 0 Å². The lowest BCUT2D eigenvalue weighted by Gasteiger charge is -2.30. The molecule has 0 amide bonds. The largest absolute Gasteiger partial charge is 0.400 e. The lowest BCUT2D eigenvalue weighted by atomic mass is 9.91. The number of rotatable bonds is 7. The van der Waals surface area contributed by atoms with Crippen LogP contribution in [0.4, 0.5) is 0 Å². The van der Waals surface area contributed by atoms with Crippen LogP contribution in [0.25, 0.3) is 0 Å². The molecule has 7 heteroatoms. The fourth-order valence-electron chi connectivity index (χ4n) is 1.01. The molecule has 0 aliphatic heterocycles. The molecule has 0 aromatic carbocycles. The van der Waals surface area contributed by atoms with Crippen molar-refractivity contribution < 1.29 is 30.3 Å². The lowest BCUT2D eigenvalue weighted by Crippen LogP contribution is -2.47. The predicted molar refractivity (Wildman–Crippen MR) is 52.3 cm³/mol. The summed E-state index contributed by atoms with van der Waals surface area (Å²) in [6, 6.07) is -1.51. The maximum Gasteiger partial charge on any atom is 0.112 e. The number of hydrogen-bond acceptors (Lipinski definition) is 6. The number of aliphatic hydroxyl groups is 5. The molecular formula is C8H17BO6. The minimum atomic E-state index is -1.51. The topological polar surface area (TPSA) is 110 Å². The third kappa shape index (κ3) is 4.92. The molecule has 5 atom stereocenters. The van der Waals surface area contributed by atoms with E-state index < -0.39 is 43.6 Å². The molecule has 5 N–H and O–H groups in total. The SMILES string of the molecule is [B]C(O)C(OC(CO)[C@@H](C)O)[C@@H](O)CO. The van der Waals surface area contributed by atoms with Crippen LogP contribution in [0.15, 0.2) is 0 Å². The van der Waals surface area contributed by atoms with Gasteiger partial charge in [0.05, 0.1) is 19.3 Å². The van der Waals surface area contributed by atoms with Gasteiger partial charge in [-0.2, -0.15) is 0 Å². The summed E-state index contributed by atoms with van der Waals surface area (Å²) in [6.07, 6.45) is -4.60. The number of aliphatic hydroxyl groups excluding tert-OH is 5. The zero-order valence-electron chi connectivity index (χ0n) is 8.52. The maximum atomic E-state index is 9.24. The van der Waals surface area contributed by atoms with Crippen molar-refractivity contribution in [2.75, 3.05) is 13.2 Å². The number of ether oxygens (including phenoxy) is 1. The van der Waals surface area contributed by atoms with Crippen LogP contribution in [0.5, 0.6) is 0 Å². The van der Waals surface area contributed by atoms with E-state index >= 15 is 0 Å². The third-order valence-electron chi connectivity index (χ3n) is 1.95. The van der Waals surface area contributed by atoms with Crippen LogP contribution in [0.2, 0.25) is 0 Å². The highest BCUT2D eigenvalue weighted by atomic mass is 16.5. The first-order valence-electron chi connectivity index (χ1n) is 4.61. The summed E-state index contributed by atoms with van der Waals surface area (Å²) in [5.74, 6) is 0. The first-order chi connectivity index (χ1) is 6.93. The van der Waals surface area contributed by atoms with Gasteiger partial charge < -0.3 is 30.3 Å². The van der Waals surface area contributed by atoms with E-state index in [1.807, 2.05) is 0 Å². The Morgan fingerprint density at radius 1 is 1.13 bits per heavy atom. The van der Waals surface area contributed by atoms with E-state index in [2.05, 4.69) is 0 Å². The van der Waals surface area contributed by atoms with Gasteiger partial charge in [-0.05, 0) is 6.92 Å². The molecule has 88 valence electrons. The van der Waals surface area contributed by atoms with Gasteiger partial charge >= 0.3 is 0 Å². The Labute approximate surface area is 89.5 Å². The molecule has 2 radical (unpaired) electrons. The van der Waals surface area contributed by atoms with Gasteiger partial charge in [-0.25, -0.2) is 0 Å². The predicted octanol–water partition coefficient (Wildman–Crippen LogP) is -3.05. The minimum Gasteiger partial charge on any atom is -0.400 e. The molecule has 15 heavy (non-hydrogen) atoms. The fourth-order valence-corrected chi connectivity index (χ4v) is 1.01. The molecule has 3 unspecified atom stereocenters. The van der Waals surface area contributed by atoms with Gasteiger partial charge in [0.1, 0.15) is 26.2 Å². The molecular weight excluding hydrogens is 203 g/mol. The fraction of sp³-hybridized carbons (Fsp3) is 1.00. The van der Waals surface area contributed by atoms with E-state index in [0.29, 0.717) is 0 Å². The monoisotopic (exact) mass is 220 g/mol. The second kappa shape index (κ2) is 7.16. The van der Waals surface area contributed by atoms with Crippen molar-refractivity contribution in [2.45, 2.75) is 37.3 Å². The zero-order chi connectivity index (χ0) is 12.0. The summed E-state index contributed by atoms with van der Waals surface area (Å²) in [5.41, 5.74) is 0. The van der Waals surface area contributed by atoms with E-state index in [9.17, 15) is 5.11 Å². The molecule has 0 saturated heterocycles. The van der Waals surface area contributed by atoms with Crippen molar-refractivity contribution in [3.05, 3.63) is 0 Å². The van der Waals surface area contributed by atoms with Crippen LogP contribution in [-0.2, 0) is 4.74 Å². The maximum absolute atomic E-state index is 9.24. The van der Waals surface area contributed by atoms with Crippen molar-refractivity contribution in [2.24, 2.45) is 0 Å². The molecule has 0 spiro atoms. The number of hydrogen-bond donors (Lipinski definition) is 5. The van der Waals surface area contributed by atoms with Crippen molar-refractivity contribution in [1.82, 2.24) is 0 Å². The second-order valence-corrected chi connectivity index (χ2v) is 3.30. The van der Waals surface area contributed by atoms with Crippen molar-refractivity contribution >= 4 is 7.85 Å². The van der Waals surface area contributed by atoms with Crippen LogP contribution in [0.3, 0.4) is 0 Å². The van der Waals surface area contributed by atoms with Crippen LogP contribution < -0.4 is 0 Å². The van der Waals surface area contributed by atoms with Crippen LogP contribution >= 0.6 is 0 Å². The average Bonchev–Trinajstić information content (AvgIpc) is 2.17. The molecule has 0 heterocycles. The van der Waals surface area contributed by atoms with Gasteiger partial charge in [-0.1, -0.05) is 0 Å². The van der Waals surface area contributed by atoms with Gasteiger partial charge in [0.15, 0.2) is 0 Å². The Hall–Kier alpha value is -0.175. The molecule has 0 aliphatic rings. The van der Waals surface area contributed by atoms with Crippen LogP contribution in [0, 0.1) is 0 Å². The highest BCUT2D eigenvalue weighted by Crippen LogP contribution is 2.09. The summed E-state index contributed by atoms with van der Waals surface area (Å²) in [4.78, 5) is 0. The first-order valence-corrected chi connectivity index (χ1v) is 4.61. The standard InChI is InChI=1S/C8H17BO6/c1-4(12)6(3-11)15-7(8(9)14)5(13)2-10/h4-8,10-14H,2-3H2,1H3/t4-,5+,6?,7?,8?/m1/s1. The molecule has 0 fully saturated rings. The Balaban J connectivity index is 4.38. The van der Waals surface area contributed by atoms with Crippen molar-refractivity contribution in [3.63, 3.8) is 0 Å². The van der Waals surface area contributed by atoms with Gasteiger partial charge in [-0.15, -0.1) is 0 Å². The van der Waals surface area contributed by atoms with Crippen molar-refractivity contribution in [3.8, 4) is 0 Å². The first kappa shape index (κ1) is 14.8. The van der Waals surface area contributed by atoms with Gasteiger partial charge in [0, 0.05) is 6.00 Å². The molecule has 0 bridgehead atoms. The average molecular weight is 220 g/mol. The Morgan fingerprint density at radius 3 is 1.93 bits per heavy atom. The van der Waals surface area contributed by atoms with E-state index in [1.165, 1.54) is 6.92 Å². The molecule has 0 aliphatic carbocycles.